The number of rotatable bonds is 6. The van der Waals surface area contributed by atoms with Crippen LogP contribution in [-0.2, 0) is 4.74 Å². The molecule has 2 amide bonds. The maximum Gasteiger partial charge on any atom is 0.322 e. The first-order valence-corrected chi connectivity index (χ1v) is 8.12. The van der Waals surface area contributed by atoms with Crippen LogP contribution in [0.2, 0.25) is 0 Å². The lowest BCUT2D eigenvalue weighted by molar-refractivity contribution is 0.0545. The van der Waals surface area contributed by atoms with E-state index in [1.54, 1.807) is 4.90 Å². The predicted molar refractivity (Wildman–Crippen MR) is 86.9 cm³/mol. The number of carbonyl (C=O) groups excluding carboxylic acids is 1. The smallest absolute Gasteiger partial charge is 0.322 e. The standard InChI is InChI=1S/C16H25FN4O2/c1-3-13-12-21(8-7-20(13)9-10-23-4-2)16(22)19-15-5-6-18-11-14(15)17/h5-6,11,13H,3-4,7-10,12H2,1-2H3,(H,18,19,22)/t13-/m1/s1. The molecule has 0 unspecified atom stereocenters. The van der Waals surface area contributed by atoms with Crippen LogP contribution in [0.4, 0.5) is 14.9 Å². The lowest BCUT2D eigenvalue weighted by Gasteiger charge is -2.41. The van der Waals surface area contributed by atoms with Crippen molar-refractivity contribution in [3.63, 3.8) is 0 Å². The number of anilines is 1. The van der Waals surface area contributed by atoms with Crippen LogP contribution in [0.25, 0.3) is 0 Å². The highest BCUT2D eigenvalue weighted by molar-refractivity contribution is 5.89. The van der Waals surface area contributed by atoms with Crippen LogP contribution in [0.5, 0.6) is 0 Å². The van der Waals surface area contributed by atoms with Crippen LogP contribution in [0.1, 0.15) is 20.3 Å². The van der Waals surface area contributed by atoms with E-state index in [1.165, 1.54) is 12.3 Å². The Morgan fingerprint density at radius 3 is 3.00 bits per heavy atom. The highest BCUT2D eigenvalue weighted by Gasteiger charge is 2.28. The van der Waals surface area contributed by atoms with Gasteiger partial charge in [0.05, 0.1) is 18.5 Å². The Labute approximate surface area is 136 Å². The number of carbonyl (C=O) groups is 1. The van der Waals surface area contributed by atoms with Crippen molar-refractivity contribution < 1.29 is 13.9 Å². The minimum atomic E-state index is -0.525. The molecule has 0 saturated carbocycles. The van der Waals surface area contributed by atoms with E-state index in [2.05, 4.69) is 22.1 Å². The van der Waals surface area contributed by atoms with E-state index in [4.69, 9.17) is 4.74 Å². The van der Waals surface area contributed by atoms with E-state index in [9.17, 15) is 9.18 Å². The van der Waals surface area contributed by atoms with Gasteiger partial charge >= 0.3 is 6.03 Å². The van der Waals surface area contributed by atoms with E-state index >= 15 is 0 Å². The molecule has 1 aromatic heterocycles. The first-order chi connectivity index (χ1) is 11.2. The summed E-state index contributed by atoms with van der Waals surface area (Å²) in [7, 11) is 0. The third-order valence-electron chi connectivity index (χ3n) is 4.10. The molecule has 6 nitrogen and oxygen atoms in total. The highest BCUT2D eigenvalue weighted by Crippen LogP contribution is 2.16. The zero-order valence-corrected chi connectivity index (χ0v) is 13.8. The van der Waals surface area contributed by atoms with Gasteiger partial charge in [-0.2, -0.15) is 0 Å². The van der Waals surface area contributed by atoms with Crippen LogP contribution >= 0.6 is 0 Å². The van der Waals surface area contributed by atoms with Crippen molar-refractivity contribution in [2.24, 2.45) is 0 Å². The van der Waals surface area contributed by atoms with Gasteiger partial charge in [0.15, 0.2) is 5.82 Å². The van der Waals surface area contributed by atoms with Gasteiger partial charge in [0.2, 0.25) is 0 Å². The Balaban J connectivity index is 1.89. The van der Waals surface area contributed by atoms with E-state index in [-0.39, 0.29) is 11.7 Å². The second-order valence-electron chi connectivity index (χ2n) is 5.53. The molecule has 7 heteroatoms. The lowest BCUT2D eigenvalue weighted by atomic mass is 10.1. The van der Waals surface area contributed by atoms with Gasteiger partial charge in [0, 0.05) is 45.0 Å². The number of urea groups is 1. The number of hydrogen-bond donors (Lipinski definition) is 1. The fourth-order valence-electron chi connectivity index (χ4n) is 2.76. The number of aromatic nitrogens is 1. The molecule has 0 aliphatic carbocycles. The van der Waals surface area contributed by atoms with E-state index in [1.807, 2.05) is 6.92 Å². The number of nitrogens with zero attached hydrogens (tertiary/aromatic N) is 3. The van der Waals surface area contributed by atoms with Gasteiger partial charge in [0.1, 0.15) is 0 Å². The fourth-order valence-corrected chi connectivity index (χ4v) is 2.76. The average molecular weight is 324 g/mol. The van der Waals surface area contributed by atoms with E-state index in [0.717, 1.165) is 32.3 Å². The second kappa shape index (κ2) is 8.79. The monoisotopic (exact) mass is 324 g/mol. The second-order valence-corrected chi connectivity index (χ2v) is 5.53. The van der Waals surface area contributed by atoms with Crippen LogP contribution in [0, 0.1) is 5.82 Å². The number of hydrogen-bond acceptors (Lipinski definition) is 4. The molecule has 2 heterocycles. The van der Waals surface area contributed by atoms with Crippen molar-refractivity contribution in [1.29, 1.82) is 0 Å². The van der Waals surface area contributed by atoms with Crippen molar-refractivity contribution in [2.45, 2.75) is 26.3 Å². The third-order valence-corrected chi connectivity index (χ3v) is 4.10. The highest BCUT2D eigenvalue weighted by atomic mass is 19.1. The zero-order valence-electron chi connectivity index (χ0n) is 13.8. The molecule has 1 fully saturated rings. The van der Waals surface area contributed by atoms with Crippen LogP contribution in [0.15, 0.2) is 18.5 Å². The lowest BCUT2D eigenvalue weighted by Crippen LogP contribution is -2.56. The minimum absolute atomic E-state index is 0.164. The summed E-state index contributed by atoms with van der Waals surface area (Å²) in [4.78, 5) is 20.1. The maximum atomic E-state index is 13.6. The maximum absolute atomic E-state index is 13.6. The van der Waals surface area contributed by atoms with Crippen molar-refractivity contribution in [1.82, 2.24) is 14.8 Å². The Morgan fingerprint density at radius 1 is 1.48 bits per heavy atom. The normalized spacial score (nSPS) is 18.9. The Hall–Kier alpha value is -1.73. The molecule has 1 aliphatic heterocycles. The largest absolute Gasteiger partial charge is 0.380 e. The summed E-state index contributed by atoms with van der Waals surface area (Å²) < 4.78 is 19.0. The number of pyridine rings is 1. The third kappa shape index (κ3) is 4.87. The van der Waals surface area contributed by atoms with Crippen LogP contribution in [-0.4, -0.2) is 66.2 Å². The molecule has 2 rings (SSSR count). The van der Waals surface area contributed by atoms with Gasteiger partial charge in [-0.15, -0.1) is 0 Å². The van der Waals surface area contributed by atoms with Crippen molar-refractivity contribution >= 4 is 11.7 Å². The molecule has 1 N–H and O–H groups in total. The van der Waals surface area contributed by atoms with E-state index in [0.29, 0.717) is 25.7 Å². The molecule has 1 saturated heterocycles. The Kier molecular flexibility index (Phi) is 6.73. The van der Waals surface area contributed by atoms with Gasteiger partial charge in [0.25, 0.3) is 0 Å². The van der Waals surface area contributed by atoms with Gasteiger partial charge in [-0.25, -0.2) is 9.18 Å². The van der Waals surface area contributed by atoms with Gasteiger partial charge in [-0.1, -0.05) is 6.92 Å². The summed E-state index contributed by atoms with van der Waals surface area (Å²) in [5.74, 6) is -0.525. The Bertz CT molecular complexity index is 515. The predicted octanol–water partition coefficient (Wildman–Crippen LogP) is 2.19. The number of ether oxygens (including phenoxy) is 1. The summed E-state index contributed by atoms with van der Waals surface area (Å²) in [6.45, 7) is 8.47. The summed E-state index contributed by atoms with van der Waals surface area (Å²) in [6, 6.07) is 1.50. The number of amides is 2. The zero-order chi connectivity index (χ0) is 16.7. The number of piperazine rings is 1. The van der Waals surface area contributed by atoms with Crippen LogP contribution in [0.3, 0.4) is 0 Å². The van der Waals surface area contributed by atoms with Gasteiger partial charge in [-0.05, 0) is 19.4 Å². The molecule has 0 bridgehead atoms. The molecule has 1 aliphatic rings. The number of nitrogens with one attached hydrogen (secondary N) is 1. The average Bonchev–Trinajstić information content (AvgIpc) is 2.57. The van der Waals surface area contributed by atoms with Crippen molar-refractivity contribution in [2.75, 3.05) is 44.7 Å². The molecular formula is C16H25FN4O2. The molecule has 0 spiro atoms. The van der Waals surface area contributed by atoms with Crippen LogP contribution < -0.4 is 5.32 Å². The molecule has 1 atom stereocenters. The SMILES string of the molecule is CCOCCN1CCN(C(=O)Nc2ccncc2F)C[C@H]1CC. The van der Waals surface area contributed by atoms with Gasteiger partial charge < -0.3 is 15.0 Å². The topological polar surface area (TPSA) is 57.7 Å². The molecular weight excluding hydrogens is 299 g/mol. The summed E-state index contributed by atoms with van der Waals surface area (Å²) in [6.07, 6.45) is 3.51. The molecule has 23 heavy (non-hydrogen) atoms. The molecule has 0 radical (unpaired) electrons. The quantitative estimate of drug-likeness (QED) is 0.815. The molecule has 1 aromatic rings. The molecule has 0 aromatic carbocycles. The van der Waals surface area contributed by atoms with Crippen molar-refractivity contribution in [3.05, 3.63) is 24.3 Å². The first-order valence-electron chi connectivity index (χ1n) is 8.12. The van der Waals surface area contributed by atoms with E-state index < -0.39 is 5.82 Å². The Morgan fingerprint density at radius 2 is 2.30 bits per heavy atom. The van der Waals surface area contributed by atoms with Crippen molar-refractivity contribution in [3.8, 4) is 0 Å². The summed E-state index contributed by atoms with van der Waals surface area (Å²) in [5.41, 5.74) is 0.164. The number of halogens is 1. The molecule has 128 valence electrons. The first kappa shape index (κ1) is 17.6. The summed E-state index contributed by atoms with van der Waals surface area (Å²) in [5, 5.41) is 2.62. The summed E-state index contributed by atoms with van der Waals surface area (Å²) >= 11 is 0. The minimum Gasteiger partial charge on any atom is -0.380 e. The van der Waals surface area contributed by atoms with Gasteiger partial charge in [-0.3, -0.25) is 9.88 Å². The fraction of sp³-hybridized carbons (Fsp3) is 0.625.